The molecule has 0 heterocycles. The van der Waals surface area contributed by atoms with Crippen LogP contribution in [0.2, 0.25) is 0 Å². The summed E-state index contributed by atoms with van der Waals surface area (Å²) in [5.41, 5.74) is 0. The molecule has 8 heavy (non-hydrogen) atoms. The molecule has 0 rings (SSSR count). The van der Waals surface area contributed by atoms with E-state index in [1.807, 2.05) is 0 Å². The van der Waals surface area contributed by atoms with E-state index in [1.165, 1.54) is 0 Å². The molecule has 0 fully saturated rings. The predicted molar refractivity (Wildman–Crippen MR) is 28.8 cm³/mol. The first-order chi connectivity index (χ1) is 0. The van der Waals surface area contributed by atoms with Crippen molar-refractivity contribution in [2.24, 2.45) is 0 Å². The molecular weight excluding hydrogens is 524 g/mol. The summed E-state index contributed by atoms with van der Waals surface area (Å²) >= 11 is 0. The van der Waals surface area contributed by atoms with Crippen LogP contribution in [0.4, 0.5) is 0 Å². The molecule has 0 N–H and O–H groups in total. The van der Waals surface area contributed by atoms with Crippen LogP contribution >= 0.6 is 0 Å². The van der Waals surface area contributed by atoms with Gasteiger partial charge in [-0.25, -0.2) is 0 Å². The van der Waals surface area contributed by atoms with Crippen molar-refractivity contribution < 1.29 is 67.1 Å². The Morgan fingerprint density at radius 2 is 0.250 bits per heavy atom. The van der Waals surface area contributed by atoms with Gasteiger partial charge in [-0.2, -0.15) is 0 Å². The summed E-state index contributed by atoms with van der Waals surface area (Å²) < 4.78 is 0. The van der Waals surface area contributed by atoms with E-state index in [-0.39, 0.29) is 256 Å². The van der Waals surface area contributed by atoms with Gasteiger partial charge in [0.1, 0.15) is 0 Å². The Bertz CT molecular complexity index is 7.64. The number of rotatable bonds is 0. The van der Waals surface area contributed by atoms with Gasteiger partial charge in [0.05, 0.1) is 0 Å². The Morgan fingerprint density at radius 1 is 0.250 bits per heavy atom. The fraction of sp³-hybridized carbons (Fsp3) is 0. The largest absolute Gasteiger partial charge is 0 e. The Morgan fingerprint density at radius 3 is 0.250 bits per heavy atom. The molecule has 8 heteroatoms. The van der Waals surface area contributed by atoms with Gasteiger partial charge in [0.2, 0.25) is 0 Å². The summed E-state index contributed by atoms with van der Waals surface area (Å²) in [6, 6.07) is 0. The molecule has 0 unspecified atom stereocenters. The summed E-state index contributed by atoms with van der Waals surface area (Å²) in [6.45, 7) is 0. The monoisotopic (exact) mass is 521 g/mol. The van der Waals surface area contributed by atoms with Crippen molar-refractivity contribution in [3.63, 3.8) is 0 Å². The van der Waals surface area contributed by atoms with Gasteiger partial charge in [-0.05, 0) is 0 Å². The molecule has 0 aromatic carbocycles. The molecule has 0 aromatic heterocycles. The normalized spacial score (nSPS) is 0. The van der Waals surface area contributed by atoms with Gasteiger partial charge in [-0.3, -0.25) is 0 Å². The van der Waals surface area contributed by atoms with Crippen molar-refractivity contribution >= 4 is 189 Å². The zero-order chi connectivity index (χ0) is 0. The fourth-order valence-electron chi connectivity index (χ4n) is 0. The van der Waals surface area contributed by atoms with Crippen molar-refractivity contribution in [2.45, 2.75) is 0 Å². The maximum atomic E-state index is 0. The van der Waals surface area contributed by atoms with Crippen LogP contribution in [0.1, 0.15) is 0 Å². The SMILES string of the molecule is [Ag].[Ag].[Ag].[Ca].[Ca].[Ca].[Ca].[Ca]. The van der Waals surface area contributed by atoms with Crippen molar-refractivity contribution in [1.82, 2.24) is 0 Å². The van der Waals surface area contributed by atoms with Gasteiger partial charge < -0.3 is 0 Å². The molecule has 0 bridgehead atoms. The molecular formula is Ag3Ca5. The van der Waals surface area contributed by atoms with Gasteiger partial charge in [0.25, 0.3) is 0 Å². The summed E-state index contributed by atoms with van der Waals surface area (Å²) in [7, 11) is 0. The third kappa shape index (κ3) is 36.6. The second-order valence-electron chi connectivity index (χ2n) is 0. The molecule has 0 atom stereocenters. The standard InChI is InChI=1S/3Ag.5Ca. The number of hydrogen-bond acceptors (Lipinski definition) is 0. The van der Waals surface area contributed by atoms with Crippen LogP contribution in [0.5, 0.6) is 0 Å². The minimum Gasteiger partial charge on any atom is 0 e. The minimum atomic E-state index is 0. The van der Waals surface area contributed by atoms with E-state index < -0.39 is 0 Å². The van der Waals surface area contributed by atoms with E-state index in [0.717, 1.165) is 0 Å². The smallest absolute Gasteiger partial charge is 0 e. The van der Waals surface area contributed by atoms with E-state index in [4.69, 9.17) is 0 Å². The second-order valence-corrected chi connectivity index (χ2v) is 0. The van der Waals surface area contributed by atoms with Crippen molar-refractivity contribution in [2.75, 3.05) is 0 Å². The second kappa shape index (κ2) is 45.1. The third-order valence-corrected chi connectivity index (χ3v) is 0. The molecule has 0 nitrogen and oxygen atoms in total. The van der Waals surface area contributed by atoms with Gasteiger partial charge in [-0.15, -0.1) is 0 Å². The first-order valence-corrected chi connectivity index (χ1v) is 0. The van der Waals surface area contributed by atoms with Crippen LogP contribution in [-0.2, 0) is 67.1 Å². The maximum absolute atomic E-state index is 0. The van der Waals surface area contributed by atoms with Crippen molar-refractivity contribution in [3.05, 3.63) is 0 Å². The Labute approximate surface area is 247 Å². The molecule has 0 saturated carbocycles. The van der Waals surface area contributed by atoms with Gasteiger partial charge >= 0.3 is 0 Å². The quantitative estimate of drug-likeness (QED) is 0.325. The third-order valence-electron chi connectivity index (χ3n) is 0. The summed E-state index contributed by atoms with van der Waals surface area (Å²) in [4.78, 5) is 0. The van der Waals surface area contributed by atoms with Crippen molar-refractivity contribution in [1.29, 1.82) is 0 Å². The molecule has 0 aromatic rings. The molecule has 0 aliphatic rings. The number of hydrogen-bond donors (Lipinski definition) is 0. The van der Waals surface area contributed by atoms with Crippen LogP contribution in [0.15, 0.2) is 0 Å². The first kappa shape index (κ1) is 54.8. The van der Waals surface area contributed by atoms with E-state index in [9.17, 15) is 0 Å². The van der Waals surface area contributed by atoms with Gasteiger partial charge in [0.15, 0.2) is 0 Å². The molecule has 0 saturated heterocycles. The Balaban J connectivity index is 0. The molecule has 0 aliphatic carbocycles. The van der Waals surface area contributed by atoms with Crippen LogP contribution in [0.25, 0.3) is 0 Å². The zero-order valence-corrected chi connectivity index (χ0v) is 19.9. The van der Waals surface area contributed by atoms with E-state index in [0.29, 0.717) is 0 Å². The minimum absolute atomic E-state index is 0. The summed E-state index contributed by atoms with van der Waals surface area (Å²) in [6.07, 6.45) is 0. The molecule has 43 valence electrons. The van der Waals surface area contributed by atoms with Gasteiger partial charge in [0, 0.05) is 256 Å². The van der Waals surface area contributed by atoms with E-state index in [2.05, 4.69) is 0 Å². The average Bonchev–Trinajstić information content (AvgIpc) is 0. The summed E-state index contributed by atoms with van der Waals surface area (Å²) in [5.74, 6) is 0. The Kier molecular flexibility index (Phi) is 309. The zero-order valence-electron chi connectivity index (χ0n) is 4.44. The van der Waals surface area contributed by atoms with E-state index >= 15 is 0 Å². The van der Waals surface area contributed by atoms with Crippen LogP contribution in [0.3, 0.4) is 0 Å². The van der Waals surface area contributed by atoms with Gasteiger partial charge in [-0.1, -0.05) is 0 Å². The molecule has 0 amide bonds. The van der Waals surface area contributed by atoms with Crippen LogP contribution in [-0.4, -0.2) is 189 Å². The topological polar surface area (TPSA) is 0 Å². The van der Waals surface area contributed by atoms with Crippen LogP contribution < -0.4 is 0 Å². The van der Waals surface area contributed by atoms with Crippen molar-refractivity contribution in [3.8, 4) is 0 Å². The Hall–Kier alpha value is 8.52. The average molecular weight is 524 g/mol. The fourth-order valence-corrected chi connectivity index (χ4v) is 0. The maximum Gasteiger partial charge on any atom is 0 e. The van der Waals surface area contributed by atoms with Crippen LogP contribution in [0, 0.1) is 0 Å². The first-order valence-electron chi connectivity index (χ1n) is 0. The van der Waals surface area contributed by atoms with E-state index in [1.54, 1.807) is 0 Å². The molecule has 0 spiro atoms. The molecule has 13 radical (unpaired) electrons. The predicted octanol–water partition coefficient (Wildman–Crippen LogP) is -1.91. The summed E-state index contributed by atoms with van der Waals surface area (Å²) in [5, 5.41) is 0. The molecule has 0 aliphatic heterocycles.